The van der Waals surface area contributed by atoms with E-state index in [1.807, 2.05) is 19.1 Å². The molecule has 1 atom stereocenters. The zero-order chi connectivity index (χ0) is 17.6. The van der Waals surface area contributed by atoms with Crippen LogP contribution in [0.2, 0.25) is 0 Å². The molecule has 1 unspecified atom stereocenters. The number of carbonyl (C=O) groups excluding carboxylic acids is 2. The number of anilines is 2. The van der Waals surface area contributed by atoms with Crippen LogP contribution in [-0.2, 0) is 4.79 Å². The summed E-state index contributed by atoms with van der Waals surface area (Å²) in [6, 6.07) is 9.09. The molecular weight excluding hydrogens is 316 g/mol. The third-order valence-corrected chi connectivity index (χ3v) is 4.31. The molecule has 2 aromatic rings. The number of amides is 2. The maximum atomic E-state index is 12.3. The van der Waals surface area contributed by atoms with Crippen LogP contribution in [0.15, 0.2) is 42.7 Å². The molecule has 25 heavy (non-hydrogen) atoms. The van der Waals surface area contributed by atoms with Gasteiger partial charge in [-0.05, 0) is 56.1 Å². The fourth-order valence-corrected chi connectivity index (χ4v) is 2.90. The first-order valence-corrected chi connectivity index (χ1v) is 8.47. The summed E-state index contributed by atoms with van der Waals surface area (Å²) in [7, 11) is 0. The van der Waals surface area contributed by atoms with Crippen molar-refractivity contribution in [2.45, 2.75) is 32.2 Å². The van der Waals surface area contributed by atoms with E-state index in [0.29, 0.717) is 23.4 Å². The Morgan fingerprint density at radius 2 is 2.00 bits per heavy atom. The maximum Gasteiger partial charge on any atom is 0.255 e. The molecule has 1 aliphatic rings. The van der Waals surface area contributed by atoms with Crippen LogP contribution in [0.5, 0.6) is 0 Å². The topological polar surface area (TPSA) is 83.1 Å². The summed E-state index contributed by atoms with van der Waals surface area (Å²) in [5.74, 6) is -0.223. The fourth-order valence-electron chi connectivity index (χ4n) is 2.90. The average Bonchev–Trinajstić information content (AvgIpc) is 3.11. The Hall–Kier alpha value is -2.73. The number of rotatable bonds is 5. The highest BCUT2D eigenvalue weighted by Gasteiger charge is 2.18. The molecule has 6 heteroatoms. The van der Waals surface area contributed by atoms with Crippen molar-refractivity contribution in [2.75, 3.05) is 17.2 Å². The average molecular weight is 338 g/mol. The van der Waals surface area contributed by atoms with Crippen molar-refractivity contribution in [3.05, 3.63) is 53.9 Å². The number of pyridine rings is 1. The second kappa shape index (κ2) is 7.90. The van der Waals surface area contributed by atoms with Gasteiger partial charge in [-0.3, -0.25) is 14.6 Å². The molecule has 2 amide bonds. The standard InChI is InChI=1S/C19H22N4O2/c1-13-4-5-16(22-18(24)12-15-3-2-8-21-15)11-17(13)23-19(25)14-6-9-20-10-7-14/h4-7,9-11,15,21H,2-3,8,12H2,1H3,(H,22,24)(H,23,25). The first-order chi connectivity index (χ1) is 12.1. The summed E-state index contributed by atoms with van der Waals surface area (Å²) < 4.78 is 0. The maximum absolute atomic E-state index is 12.3. The molecule has 130 valence electrons. The number of hydrogen-bond acceptors (Lipinski definition) is 4. The van der Waals surface area contributed by atoms with Gasteiger partial charge in [0, 0.05) is 41.8 Å². The molecule has 1 aliphatic heterocycles. The Morgan fingerprint density at radius 1 is 1.20 bits per heavy atom. The first kappa shape index (κ1) is 17.1. The van der Waals surface area contributed by atoms with Gasteiger partial charge in [-0.2, -0.15) is 0 Å². The van der Waals surface area contributed by atoms with Gasteiger partial charge in [0.1, 0.15) is 0 Å². The monoisotopic (exact) mass is 338 g/mol. The molecule has 1 fully saturated rings. The molecule has 0 aliphatic carbocycles. The first-order valence-electron chi connectivity index (χ1n) is 8.47. The van der Waals surface area contributed by atoms with Gasteiger partial charge in [-0.15, -0.1) is 0 Å². The van der Waals surface area contributed by atoms with Crippen molar-refractivity contribution in [1.82, 2.24) is 10.3 Å². The third kappa shape index (κ3) is 4.64. The third-order valence-electron chi connectivity index (χ3n) is 4.31. The SMILES string of the molecule is Cc1ccc(NC(=O)CC2CCCN2)cc1NC(=O)c1ccncc1. The molecule has 2 heterocycles. The van der Waals surface area contributed by atoms with Crippen LogP contribution in [0.1, 0.15) is 35.2 Å². The van der Waals surface area contributed by atoms with Crippen molar-refractivity contribution >= 4 is 23.2 Å². The smallest absolute Gasteiger partial charge is 0.255 e. The molecule has 0 bridgehead atoms. The number of carbonyl (C=O) groups is 2. The van der Waals surface area contributed by atoms with E-state index < -0.39 is 0 Å². The number of hydrogen-bond donors (Lipinski definition) is 3. The van der Waals surface area contributed by atoms with Gasteiger partial charge >= 0.3 is 0 Å². The lowest BCUT2D eigenvalue weighted by Crippen LogP contribution is -2.27. The normalized spacial score (nSPS) is 16.4. The summed E-state index contributed by atoms with van der Waals surface area (Å²) in [6.07, 6.45) is 5.78. The van der Waals surface area contributed by atoms with Crippen LogP contribution in [-0.4, -0.2) is 29.4 Å². The van der Waals surface area contributed by atoms with E-state index in [1.54, 1.807) is 30.6 Å². The predicted molar refractivity (Wildman–Crippen MR) is 97.6 cm³/mol. The molecule has 1 aromatic carbocycles. The summed E-state index contributed by atoms with van der Waals surface area (Å²) in [5.41, 5.74) is 2.83. The van der Waals surface area contributed by atoms with Gasteiger partial charge in [-0.1, -0.05) is 6.07 Å². The number of nitrogens with one attached hydrogen (secondary N) is 3. The second-order valence-electron chi connectivity index (χ2n) is 6.27. The van der Waals surface area contributed by atoms with Gasteiger partial charge in [0.2, 0.25) is 5.91 Å². The van der Waals surface area contributed by atoms with E-state index in [9.17, 15) is 9.59 Å². The number of aryl methyl sites for hydroxylation is 1. The lowest BCUT2D eigenvalue weighted by Gasteiger charge is -2.13. The van der Waals surface area contributed by atoms with Crippen LogP contribution in [0, 0.1) is 6.92 Å². The summed E-state index contributed by atoms with van der Waals surface area (Å²) in [6.45, 7) is 2.89. The van der Waals surface area contributed by atoms with Gasteiger partial charge in [0.15, 0.2) is 0 Å². The second-order valence-corrected chi connectivity index (χ2v) is 6.27. The zero-order valence-electron chi connectivity index (χ0n) is 14.2. The van der Waals surface area contributed by atoms with Crippen molar-refractivity contribution in [3.63, 3.8) is 0 Å². The van der Waals surface area contributed by atoms with E-state index in [2.05, 4.69) is 20.9 Å². The number of nitrogens with zero attached hydrogens (tertiary/aromatic N) is 1. The Kier molecular flexibility index (Phi) is 5.40. The number of benzene rings is 1. The zero-order valence-corrected chi connectivity index (χ0v) is 14.2. The molecule has 6 nitrogen and oxygen atoms in total. The quantitative estimate of drug-likeness (QED) is 0.783. The fraction of sp³-hybridized carbons (Fsp3) is 0.316. The predicted octanol–water partition coefficient (Wildman–Crippen LogP) is 2.72. The Labute approximate surface area is 147 Å². The van der Waals surface area contributed by atoms with E-state index in [1.165, 1.54) is 0 Å². The molecule has 3 rings (SSSR count). The van der Waals surface area contributed by atoms with Gasteiger partial charge in [0.25, 0.3) is 5.91 Å². The summed E-state index contributed by atoms with van der Waals surface area (Å²) >= 11 is 0. The lowest BCUT2D eigenvalue weighted by molar-refractivity contribution is -0.116. The largest absolute Gasteiger partial charge is 0.326 e. The van der Waals surface area contributed by atoms with Crippen LogP contribution >= 0.6 is 0 Å². The van der Waals surface area contributed by atoms with Crippen molar-refractivity contribution in [3.8, 4) is 0 Å². The molecule has 0 radical (unpaired) electrons. The van der Waals surface area contributed by atoms with Gasteiger partial charge in [-0.25, -0.2) is 0 Å². The van der Waals surface area contributed by atoms with Crippen LogP contribution < -0.4 is 16.0 Å². The number of aromatic nitrogens is 1. The summed E-state index contributed by atoms with van der Waals surface area (Å²) in [4.78, 5) is 28.4. The van der Waals surface area contributed by atoms with E-state index >= 15 is 0 Å². The van der Waals surface area contributed by atoms with Crippen molar-refractivity contribution in [2.24, 2.45) is 0 Å². The van der Waals surface area contributed by atoms with Crippen molar-refractivity contribution < 1.29 is 9.59 Å². The van der Waals surface area contributed by atoms with Gasteiger partial charge < -0.3 is 16.0 Å². The Balaban J connectivity index is 1.65. The highest BCUT2D eigenvalue weighted by Crippen LogP contribution is 2.21. The van der Waals surface area contributed by atoms with E-state index in [0.717, 1.165) is 24.9 Å². The molecular formula is C19H22N4O2. The van der Waals surface area contributed by atoms with Crippen LogP contribution in [0.4, 0.5) is 11.4 Å². The van der Waals surface area contributed by atoms with E-state index in [-0.39, 0.29) is 17.9 Å². The molecule has 3 N–H and O–H groups in total. The highest BCUT2D eigenvalue weighted by atomic mass is 16.2. The molecule has 0 saturated carbocycles. The lowest BCUT2D eigenvalue weighted by atomic mass is 10.1. The minimum absolute atomic E-state index is 0.0188. The molecule has 1 aromatic heterocycles. The van der Waals surface area contributed by atoms with Crippen molar-refractivity contribution in [1.29, 1.82) is 0 Å². The van der Waals surface area contributed by atoms with Crippen LogP contribution in [0.3, 0.4) is 0 Å². The Bertz CT molecular complexity index is 755. The van der Waals surface area contributed by atoms with E-state index in [4.69, 9.17) is 0 Å². The molecule has 1 saturated heterocycles. The Morgan fingerprint density at radius 3 is 2.72 bits per heavy atom. The highest BCUT2D eigenvalue weighted by molar-refractivity contribution is 6.05. The van der Waals surface area contributed by atoms with Gasteiger partial charge in [0.05, 0.1) is 0 Å². The van der Waals surface area contributed by atoms with Crippen LogP contribution in [0.25, 0.3) is 0 Å². The summed E-state index contributed by atoms with van der Waals surface area (Å²) in [5, 5.41) is 9.11. The molecule has 0 spiro atoms. The minimum atomic E-state index is -0.205. The minimum Gasteiger partial charge on any atom is -0.326 e.